The Balaban J connectivity index is 3.76. The molecule has 0 aliphatic carbocycles. The van der Waals surface area contributed by atoms with Gasteiger partial charge in [0.1, 0.15) is 5.56 Å². The van der Waals surface area contributed by atoms with Gasteiger partial charge in [0.15, 0.2) is 0 Å². The van der Waals surface area contributed by atoms with Crippen LogP contribution in [0.25, 0.3) is 0 Å². The molecule has 0 unspecified atom stereocenters. The number of nitrogens with zero attached hydrogens (tertiary/aromatic N) is 3. The number of nitro benzene ring substituents is 3. The van der Waals surface area contributed by atoms with Crippen LogP contribution >= 0.6 is 0 Å². The fraction of sp³-hybridized carbons (Fsp3) is 0.250. The Morgan fingerprint density at radius 1 is 0.882 bits per heavy atom. The van der Waals surface area contributed by atoms with Gasteiger partial charge in [0.25, 0.3) is 5.69 Å². The summed E-state index contributed by atoms with van der Waals surface area (Å²) in [5.74, 6) is 0. The summed E-state index contributed by atoms with van der Waals surface area (Å²) in [5, 5.41) is 32.1. The van der Waals surface area contributed by atoms with Crippen LogP contribution in [-0.4, -0.2) is 14.8 Å². The van der Waals surface area contributed by atoms with Crippen molar-refractivity contribution in [2.45, 2.75) is 13.8 Å². The maximum atomic E-state index is 10.7. The number of aryl methyl sites for hydroxylation is 1. The Hall–Kier alpha value is -2.58. The van der Waals surface area contributed by atoms with Crippen LogP contribution in [0.4, 0.5) is 17.1 Å². The van der Waals surface area contributed by atoms with Crippen LogP contribution < -0.4 is 0 Å². The van der Waals surface area contributed by atoms with Crippen molar-refractivity contribution in [3.05, 3.63) is 47.5 Å². The summed E-state index contributed by atoms with van der Waals surface area (Å²) in [6.45, 7) is 2.41. The van der Waals surface area contributed by atoms with E-state index in [2.05, 4.69) is 0 Å². The molecule has 0 amide bonds. The Kier molecular flexibility index (Phi) is 3.03. The van der Waals surface area contributed by atoms with E-state index in [4.69, 9.17) is 0 Å². The van der Waals surface area contributed by atoms with Gasteiger partial charge in [-0.25, -0.2) is 0 Å². The van der Waals surface area contributed by atoms with Crippen LogP contribution in [0.2, 0.25) is 0 Å². The van der Waals surface area contributed by atoms with E-state index in [0.717, 1.165) is 13.0 Å². The van der Waals surface area contributed by atoms with Gasteiger partial charge in [-0.05, 0) is 13.8 Å². The van der Waals surface area contributed by atoms with Crippen molar-refractivity contribution in [2.75, 3.05) is 0 Å². The fourth-order valence-electron chi connectivity index (χ4n) is 1.59. The largest absolute Gasteiger partial charge is 0.355 e. The van der Waals surface area contributed by atoms with Gasteiger partial charge < -0.3 is 0 Å². The molecular formula is C8H7N3O6. The number of benzene rings is 1. The van der Waals surface area contributed by atoms with Gasteiger partial charge in [0, 0.05) is 11.6 Å². The second kappa shape index (κ2) is 4.12. The highest BCUT2D eigenvalue weighted by Crippen LogP contribution is 2.38. The Morgan fingerprint density at radius 2 is 1.35 bits per heavy atom. The van der Waals surface area contributed by atoms with E-state index in [9.17, 15) is 30.3 Å². The molecule has 9 nitrogen and oxygen atoms in total. The fourth-order valence-corrected chi connectivity index (χ4v) is 1.59. The highest BCUT2D eigenvalue weighted by Gasteiger charge is 2.34. The zero-order valence-electron chi connectivity index (χ0n) is 8.87. The quantitative estimate of drug-likeness (QED) is 0.587. The zero-order valence-corrected chi connectivity index (χ0v) is 8.87. The molecule has 0 saturated carbocycles. The molecule has 0 aliphatic heterocycles. The number of rotatable bonds is 3. The molecule has 1 aromatic carbocycles. The molecule has 0 atom stereocenters. The zero-order chi connectivity index (χ0) is 13.3. The second-order valence-electron chi connectivity index (χ2n) is 3.31. The average molecular weight is 241 g/mol. The Morgan fingerprint density at radius 3 is 1.71 bits per heavy atom. The highest BCUT2D eigenvalue weighted by molar-refractivity contribution is 5.67. The lowest BCUT2D eigenvalue weighted by molar-refractivity contribution is -0.425. The first-order valence-electron chi connectivity index (χ1n) is 4.34. The molecule has 1 rings (SSSR count). The highest BCUT2D eigenvalue weighted by atomic mass is 16.6. The number of nitro groups is 3. The first kappa shape index (κ1) is 12.5. The summed E-state index contributed by atoms with van der Waals surface area (Å²) in [5.41, 5.74) is -2.35. The first-order valence-corrected chi connectivity index (χ1v) is 4.34. The molecule has 0 fully saturated rings. The van der Waals surface area contributed by atoms with Crippen molar-refractivity contribution in [1.29, 1.82) is 0 Å². The molecule has 90 valence electrons. The topological polar surface area (TPSA) is 129 Å². The molecule has 9 heteroatoms. The lowest BCUT2D eigenvalue weighted by Gasteiger charge is -2.02. The predicted molar refractivity (Wildman–Crippen MR) is 55.9 cm³/mol. The molecule has 0 heterocycles. The minimum atomic E-state index is -0.986. The summed E-state index contributed by atoms with van der Waals surface area (Å²) in [6.07, 6.45) is 0. The van der Waals surface area contributed by atoms with Gasteiger partial charge in [-0.15, -0.1) is 0 Å². The molecule has 0 aliphatic rings. The van der Waals surface area contributed by atoms with Crippen LogP contribution in [0.3, 0.4) is 0 Å². The third-order valence-corrected chi connectivity index (χ3v) is 2.24. The van der Waals surface area contributed by atoms with Gasteiger partial charge in [-0.2, -0.15) is 0 Å². The summed E-state index contributed by atoms with van der Waals surface area (Å²) in [7, 11) is 0. The molecule has 17 heavy (non-hydrogen) atoms. The van der Waals surface area contributed by atoms with Crippen LogP contribution in [0.15, 0.2) is 6.07 Å². The third kappa shape index (κ3) is 2.02. The summed E-state index contributed by atoms with van der Waals surface area (Å²) >= 11 is 0. The maximum absolute atomic E-state index is 10.7. The van der Waals surface area contributed by atoms with Crippen molar-refractivity contribution in [2.24, 2.45) is 0 Å². The lowest BCUT2D eigenvalue weighted by Crippen LogP contribution is -2.04. The van der Waals surface area contributed by atoms with E-state index in [0.29, 0.717) is 0 Å². The molecule has 1 aromatic rings. The maximum Gasteiger partial charge on any atom is 0.355 e. The molecule has 0 saturated heterocycles. The molecule has 0 aromatic heterocycles. The van der Waals surface area contributed by atoms with Gasteiger partial charge in [0.2, 0.25) is 0 Å². The second-order valence-corrected chi connectivity index (χ2v) is 3.31. The van der Waals surface area contributed by atoms with Gasteiger partial charge in [0.05, 0.1) is 14.8 Å². The van der Waals surface area contributed by atoms with Gasteiger partial charge >= 0.3 is 11.4 Å². The van der Waals surface area contributed by atoms with E-state index >= 15 is 0 Å². The van der Waals surface area contributed by atoms with E-state index in [1.807, 2.05) is 0 Å². The van der Waals surface area contributed by atoms with E-state index in [1.54, 1.807) is 0 Å². The van der Waals surface area contributed by atoms with E-state index in [-0.39, 0.29) is 11.1 Å². The SMILES string of the molecule is Cc1cc([N+](=O)[O-])c([N+](=O)[O-])c(C)c1[N+](=O)[O-]. The minimum absolute atomic E-state index is 0.0183. The van der Waals surface area contributed by atoms with Crippen LogP contribution in [-0.2, 0) is 0 Å². The van der Waals surface area contributed by atoms with Gasteiger partial charge in [-0.3, -0.25) is 30.3 Å². The van der Waals surface area contributed by atoms with Crippen LogP contribution in [0, 0.1) is 44.2 Å². The molecule has 0 bridgehead atoms. The Bertz CT molecular complexity index is 539. The standard InChI is InChI=1S/C8H7N3O6/c1-4-3-6(9(12)13)8(11(16)17)5(2)7(4)10(14)15/h3H,1-2H3. The molecule has 0 radical (unpaired) electrons. The van der Waals surface area contributed by atoms with Crippen molar-refractivity contribution in [3.63, 3.8) is 0 Å². The lowest BCUT2D eigenvalue weighted by atomic mass is 10.1. The van der Waals surface area contributed by atoms with Crippen molar-refractivity contribution < 1.29 is 14.8 Å². The van der Waals surface area contributed by atoms with Crippen molar-refractivity contribution >= 4 is 17.1 Å². The van der Waals surface area contributed by atoms with Crippen molar-refractivity contribution in [3.8, 4) is 0 Å². The van der Waals surface area contributed by atoms with E-state index < -0.39 is 31.8 Å². The predicted octanol–water partition coefficient (Wildman–Crippen LogP) is 2.03. The smallest absolute Gasteiger partial charge is 0.258 e. The average Bonchev–Trinajstić information content (AvgIpc) is 2.14. The first-order chi connectivity index (χ1) is 7.77. The van der Waals surface area contributed by atoms with Crippen LogP contribution in [0.5, 0.6) is 0 Å². The molecule has 0 N–H and O–H groups in total. The monoisotopic (exact) mass is 241 g/mol. The Labute approximate surface area is 94.1 Å². The van der Waals surface area contributed by atoms with Crippen molar-refractivity contribution in [1.82, 2.24) is 0 Å². The molecular weight excluding hydrogens is 234 g/mol. The summed E-state index contributed by atoms with van der Waals surface area (Å²) in [6, 6.07) is 0.837. The van der Waals surface area contributed by atoms with Gasteiger partial charge in [-0.1, -0.05) is 0 Å². The normalized spacial score (nSPS) is 10.0. The summed E-state index contributed by atoms with van der Waals surface area (Å²) < 4.78 is 0. The third-order valence-electron chi connectivity index (χ3n) is 2.24. The molecule has 0 spiro atoms. The number of hydrogen-bond donors (Lipinski definition) is 0. The summed E-state index contributed by atoms with van der Waals surface area (Å²) in [4.78, 5) is 29.4. The van der Waals surface area contributed by atoms with Crippen LogP contribution in [0.1, 0.15) is 11.1 Å². The van der Waals surface area contributed by atoms with E-state index in [1.165, 1.54) is 6.92 Å². The number of hydrogen-bond acceptors (Lipinski definition) is 6. The minimum Gasteiger partial charge on any atom is -0.258 e.